The summed E-state index contributed by atoms with van der Waals surface area (Å²) < 4.78 is 86.3. The third-order valence-electron chi connectivity index (χ3n) is 5.15. The van der Waals surface area contributed by atoms with Crippen molar-refractivity contribution in [3.8, 4) is 5.75 Å². The summed E-state index contributed by atoms with van der Waals surface area (Å²) >= 11 is 0. The van der Waals surface area contributed by atoms with Crippen LogP contribution >= 0.6 is 0 Å². The second-order valence-corrected chi connectivity index (χ2v) is 9.34. The Morgan fingerprint density at radius 3 is 2.24 bits per heavy atom. The molecule has 1 saturated heterocycles. The number of carbonyl (C=O) groups is 1. The van der Waals surface area contributed by atoms with Gasteiger partial charge in [-0.1, -0.05) is 12.1 Å². The first kappa shape index (κ1) is 25.7. The summed E-state index contributed by atoms with van der Waals surface area (Å²) in [4.78, 5) is 13.2. The summed E-state index contributed by atoms with van der Waals surface area (Å²) in [6.07, 6.45) is -6.35. The first-order valence-electron chi connectivity index (χ1n) is 10.2. The van der Waals surface area contributed by atoms with Gasteiger partial charge in [0, 0.05) is 38.2 Å². The van der Waals surface area contributed by atoms with Crippen molar-refractivity contribution >= 4 is 21.8 Å². The number of amides is 1. The van der Waals surface area contributed by atoms with Crippen molar-refractivity contribution in [2.75, 3.05) is 24.5 Å². The third-order valence-corrected chi connectivity index (χ3v) is 7.09. The van der Waals surface area contributed by atoms with E-state index >= 15 is 0 Å². The van der Waals surface area contributed by atoms with Gasteiger partial charge in [-0.3, -0.25) is 4.90 Å². The number of carbonyl (C=O) groups excluding carboxylic acids is 1. The molecule has 0 atom stereocenters. The topological polar surface area (TPSA) is 96.4 Å². The van der Waals surface area contributed by atoms with Crippen LogP contribution < -0.4 is 9.64 Å². The van der Waals surface area contributed by atoms with Crippen LogP contribution in [-0.2, 0) is 14.8 Å². The third kappa shape index (κ3) is 5.96. The van der Waals surface area contributed by atoms with Gasteiger partial charge in [-0.05, 0) is 43.3 Å². The van der Waals surface area contributed by atoms with Gasteiger partial charge in [0.25, 0.3) is 0 Å². The van der Waals surface area contributed by atoms with Crippen molar-refractivity contribution in [3.05, 3.63) is 54.3 Å². The quantitative estimate of drug-likeness (QED) is 0.472. The van der Waals surface area contributed by atoms with Gasteiger partial charge in [-0.25, -0.2) is 17.6 Å². The number of alkyl halides is 3. The summed E-state index contributed by atoms with van der Waals surface area (Å²) in [5.74, 6) is -3.35. The van der Waals surface area contributed by atoms with Gasteiger partial charge in [-0.2, -0.15) is 4.31 Å². The maximum atomic E-state index is 14.0. The number of aliphatic hydroxyl groups is 1. The first-order chi connectivity index (χ1) is 15.8. The molecule has 1 fully saturated rings. The van der Waals surface area contributed by atoms with Crippen LogP contribution in [0.4, 0.5) is 28.0 Å². The molecule has 0 aromatic heterocycles. The summed E-state index contributed by atoms with van der Waals surface area (Å²) in [6, 6.07) is 9.40. The Labute approximate surface area is 193 Å². The summed E-state index contributed by atoms with van der Waals surface area (Å²) in [5, 5.41) is 10.7. The molecule has 0 spiro atoms. The average Bonchev–Trinajstić information content (AvgIpc) is 2.74. The van der Waals surface area contributed by atoms with Crippen LogP contribution in [0.3, 0.4) is 0 Å². The number of hydrogen-bond donors (Lipinski definition) is 1. The lowest BCUT2D eigenvalue weighted by Gasteiger charge is -2.37. The maximum Gasteiger partial charge on any atom is 0.573 e. The molecule has 2 aromatic rings. The Bertz CT molecular complexity index is 1120. The van der Waals surface area contributed by atoms with Gasteiger partial charge in [0.1, 0.15) is 16.5 Å². The van der Waals surface area contributed by atoms with E-state index in [0.717, 1.165) is 33.5 Å². The molecular weight excluding hydrogens is 484 g/mol. The molecule has 1 aliphatic heterocycles. The van der Waals surface area contributed by atoms with E-state index in [9.17, 15) is 35.9 Å². The van der Waals surface area contributed by atoms with Crippen LogP contribution in [0.25, 0.3) is 0 Å². The zero-order valence-electron chi connectivity index (χ0n) is 18.0. The highest BCUT2D eigenvalue weighted by Gasteiger charge is 2.41. The highest BCUT2D eigenvalue weighted by molar-refractivity contribution is 7.89. The van der Waals surface area contributed by atoms with E-state index in [-0.39, 0.29) is 38.2 Å². The minimum atomic E-state index is -4.86. The molecule has 0 aliphatic carbocycles. The average molecular weight is 506 g/mol. The summed E-state index contributed by atoms with van der Waals surface area (Å²) in [5.41, 5.74) is 0.199. The number of halogens is 4. The fourth-order valence-electron chi connectivity index (χ4n) is 3.43. The molecule has 0 radical (unpaired) electrons. The molecule has 13 heteroatoms. The molecule has 186 valence electrons. The van der Waals surface area contributed by atoms with E-state index in [1.165, 1.54) is 24.3 Å². The minimum Gasteiger partial charge on any atom is -0.417 e. The fraction of sp³-hybridized carbons (Fsp3) is 0.381. The van der Waals surface area contributed by atoms with Crippen molar-refractivity contribution in [1.82, 2.24) is 4.31 Å². The Hall–Kier alpha value is -2.90. The molecule has 0 bridgehead atoms. The number of piperidine rings is 1. The van der Waals surface area contributed by atoms with Crippen molar-refractivity contribution < 1.29 is 45.4 Å². The summed E-state index contributed by atoms with van der Waals surface area (Å²) in [6.45, 7) is 1.21. The predicted octanol–water partition coefficient (Wildman–Crippen LogP) is 3.86. The molecule has 0 saturated carbocycles. The van der Waals surface area contributed by atoms with Crippen LogP contribution in [0.15, 0.2) is 53.4 Å². The van der Waals surface area contributed by atoms with Crippen molar-refractivity contribution in [2.45, 2.75) is 36.8 Å². The molecule has 1 heterocycles. The van der Waals surface area contributed by atoms with Crippen molar-refractivity contribution in [2.24, 2.45) is 0 Å². The number of nitrogens with zero attached hydrogens (tertiary/aromatic N) is 2. The Morgan fingerprint density at radius 1 is 1.12 bits per heavy atom. The standard InChI is InChI=1S/C21H22F4N2O6S/c1-2-27(15-7-9-16(10-8-15)32-21(23,24)25)19(28)33-20(29)11-13-26(14-12-20)34(30,31)18-6-4-3-5-17(18)22/h3-10,29H,2,11-14H2,1H3. The van der Waals surface area contributed by atoms with Gasteiger partial charge in [-0.15, -0.1) is 13.2 Å². The number of hydrogen-bond acceptors (Lipinski definition) is 6. The van der Waals surface area contributed by atoms with E-state index in [4.69, 9.17) is 4.74 Å². The molecule has 2 aromatic carbocycles. The SMILES string of the molecule is CCN(C(=O)OC1(O)CCN(S(=O)(=O)c2ccccc2F)CC1)c1ccc(OC(F)(F)F)cc1. The number of rotatable bonds is 6. The number of sulfonamides is 1. The zero-order chi connectivity index (χ0) is 25.1. The predicted molar refractivity (Wildman–Crippen MR) is 112 cm³/mol. The lowest BCUT2D eigenvalue weighted by atomic mass is 10.1. The molecule has 34 heavy (non-hydrogen) atoms. The van der Waals surface area contributed by atoms with Gasteiger partial charge < -0.3 is 14.6 Å². The normalized spacial score (nSPS) is 16.6. The lowest BCUT2D eigenvalue weighted by molar-refractivity contribution is -0.274. The zero-order valence-corrected chi connectivity index (χ0v) is 18.8. The second-order valence-electron chi connectivity index (χ2n) is 7.43. The van der Waals surface area contributed by atoms with Crippen LogP contribution in [0.2, 0.25) is 0 Å². The molecule has 1 aliphatic rings. The van der Waals surface area contributed by atoms with Gasteiger partial charge in [0.2, 0.25) is 15.8 Å². The maximum absolute atomic E-state index is 14.0. The van der Waals surface area contributed by atoms with Crippen molar-refractivity contribution in [1.29, 1.82) is 0 Å². The molecule has 3 rings (SSSR count). The number of ether oxygens (including phenoxy) is 2. The Balaban J connectivity index is 1.65. The molecule has 8 nitrogen and oxygen atoms in total. The van der Waals surface area contributed by atoms with E-state index in [1.54, 1.807) is 6.92 Å². The Kier molecular flexibility index (Phi) is 7.38. The van der Waals surface area contributed by atoms with Gasteiger partial charge in [0.15, 0.2) is 0 Å². The van der Waals surface area contributed by atoms with Crippen molar-refractivity contribution in [3.63, 3.8) is 0 Å². The Morgan fingerprint density at radius 2 is 1.71 bits per heavy atom. The lowest BCUT2D eigenvalue weighted by Crippen LogP contribution is -2.50. The van der Waals surface area contributed by atoms with Gasteiger partial charge >= 0.3 is 12.5 Å². The molecule has 1 amide bonds. The van der Waals surface area contributed by atoms with E-state index in [1.807, 2.05) is 0 Å². The van der Waals surface area contributed by atoms with Crippen LogP contribution in [0, 0.1) is 5.82 Å². The molecule has 0 unspecified atom stereocenters. The fourth-order valence-corrected chi connectivity index (χ4v) is 4.94. The molecule has 1 N–H and O–H groups in total. The number of anilines is 1. The minimum absolute atomic E-state index is 0.0716. The van der Waals surface area contributed by atoms with Crippen LogP contribution in [0.1, 0.15) is 19.8 Å². The highest BCUT2D eigenvalue weighted by atomic mass is 32.2. The summed E-state index contributed by atoms with van der Waals surface area (Å²) in [7, 11) is -4.15. The second kappa shape index (κ2) is 9.76. The smallest absolute Gasteiger partial charge is 0.417 e. The van der Waals surface area contributed by atoms with E-state index in [0.29, 0.717) is 0 Å². The first-order valence-corrected chi connectivity index (χ1v) is 11.6. The van der Waals surface area contributed by atoms with E-state index in [2.05, 4.69) is 4.74 Å². The van der Waals surface area contributed by atoms with E-state index < -0.39 is 44.7 Å². The molecular formula is C21H22F4N2O6S. The van der Waals surface area contributed by atoms with Gasteiger partial charge in [0.05, 0.1) is 0 Å². The number of benzene rings is 2. The highest BCUT2D eigenvalue weighted by Crippen LogP contribution is 2.30. The van der Waals surface area contributed by atoms with Crippen LogP contribution in [0.5, 0.6) is 5.75 Å². The van der Waals surface area contributed by atoms with Crippen LogP contribution in [-0.4, -0.2) is 55.7 Å². The monoisotopic (exact) mass is 506 g/mol. The largest absolute Gasteiger partial charge is 0.573 e.